The molecule has 0 radical (unpaired) electrons. The molecule has 0 unspecified atom stereocenters. The first kappa shape index (κ1) is 28.9. The molecule has 4 heterocycles. The van der Waals surface area contributed by atoms with Gasteiger partial charge in [-0.2, -0.15) is 13.2 Å². The van der Waals surface area contributed by atoms with Gasteiger partial charge in [0.1, 0.15) is 22.7 Å². The van der Waals surface area contributed by atoms with E-state index in [1.54, 1.807) is 23.3 Å². The molecule has 8 nitrogen and oxygen atoms in total. The fourth-order valence-electron chi connectivity index (χ4n) is 5.69. The molecule has 43 heavy (non-hydrogen) atoms. The van der Waals surface area contributed by atoms with E-state index in [1.807, 2.05) is 40.1 Å². The minimum Gasteiger partial charge on any atom is -0.368 e. The average Bonchev–Trinajstić information content (AvgIpc) is 3.68. The van der Waals surface area contributed by atoms with Crippen LogP contribution in [0.1, 0.15) is 55.9 Å². The number of rotatable bonds is 5. The minimum atomic E-state index is -4.40. The monoisotopic (exact) mass is 609 g/mol. The molecular weight excluding hydrogens is 579 g/mol. The molecule has 0 spiro atoms. The van der Waals surface area contributed by atoms with Gasteiger partial charge in [-0.25, -0.2) is 4.98 Å². The zero-order chi connectivity index (χ0) is 30.1. The number of piperidine rings is 1. The molecule has 4 aromatic rings. The van der Waals surface area contributed by atoms with Gasteiger partial charge in [0.25, 0.3) is 11.8 Å². The Morgan fingerprint density at radius 1 is 0.907 bits per heavy atom. The summed E-state index contributed by atoms with van der Waals surface area (Å²) in [5.41, 5.74) is 2.06. The second kappa shape index (κ2) is 11.8. The average molecular weight is 610 g/mol. The molecule has 0 aliphatic carbocycles. The topological polar surface area (TPSA) is 82.8 Å². The standard InChI is InChI=1S/C31H30F3N5O3S/c1-20-26(27(36-42-20)21-6-3-2-4-7-21)30(41)38-12-10-22(11-13-38)28-35-25(19-43-28)29(40)39-16-14-37(15-17-39)24-9-5-8-23(18-24)31(32,33)34/h2-9,18-19,22H,10-17H2,1H3. The van der Waals surface area contributed by atoms with Crippen LogP contribution in [0.3, 0.4) is 0 Å². The molecule has 12 heteroatoms. The molecule has 6 rings (SSSR count). The highest BCUT2D eigenvalue weighted by atomic mass is 32.1. The lowest BCUT2D eigenvalue weighted by molar-refractivity contribution is -0.137. The molecule has 2 amide bonds. The molecule has 2 aromatic heterocycles. The predicted molar refractivity (Wildman–Crippen MR) is 156 cm³/mol. The van der Waals surface area contributed by atoms with Gasteiger partial charge >= 0.3 is 6.18 Å². The van der Waals surface area contributed by atoms with Gasteiger partial charge in [0, 0.05) is 61.8 Å². The Hall–Kier alpha value is -4.19. The fraction of sp³-hybridized carbons (Fsp3) is 0.355. The van der Waals surface area contributed by atoms with E-state index in [0.717, 1.165) is 35.5 Å². The smallest absolute Gasteiger partial charge is 0.368 e. The van der Waals surface area contributed by atoms with Gasteiger partial charge in [0.2, 0.25) is 0 Å². The zero-order valence-electron chi connectivity index (χ0n) is 23.5. The molecule has 0 saturated carbocycles. The van der Waals surface area contributed by atoms with Crippen LogP contribution in [0.25, 0.3) is 11.3 Å². The molecule has 0 atom stereocenters. The molecule has 2 aliphatic rings. The third-order valence-electron chi connectivity index (χ3n) is 8.10. The maximum atomic E-state index is 13.5. The Balaban J connectivity index is 1.04. The van der Waals surface area contributed by atoms with E-state index in [9.17, 15) is 22.8 Å². The van der Waals surface area contributed by atoms with Crippen LogP contribution in [-0.2, 0) is 6.18 Å². The Labute approximate surface area is 250 Å². The van der Waals surface area contributed by atoms with E-state index in [0.29, 0.717) is 67.7 Å². The number of alkyl halides is 3. The van der Waals surface area contributed by atoms with E-state index in [1.165, 1.54) is 17.4 Å². The molecule has 2 aliphatic heterocycles. The van der Waals surface area contributed by atoms with E-state index in [4.69, 9.17) is 4.52 Å². The van der Waals surface area contributed by atoms with Gasteiger partial charge in [0.05, 0.1) is 10.6 Å². The van der Waals surface area contributed by atoms with Gasteiger partial charge in [-0.1, -0.05) is 41.6 Å². The summed E-state index contributed by atoms with van der Waals surface area (Å²) < 4.78 is 44.8. The van der Waals surface area contributed by atoms with Crippen LogP contribution in [0.4, 0.5) is 18.9 Å². The van der Waals surface area contributed by atoms with Crippen molar-refractivity contribution >= 4 is 28.8 Å². The molecule has 2 fully saturated rings. The summed E-state index contributed by atoms with van der Waals surface area (Å²) in [6, 6.07) is 14.8. The summed E-state index contributed by atoms with van der Waals surface area (Å²) in [4.78, 5) is 36.8. The van der Waals surface area contributed by atoms with Crippen molar-refractivity contribution in [1.82, 2.24) is 19.9 Å². The van der Waals surface area contributed by atoms with Crippen molar-refractivity contribution in [2.24, 2.45) is 0 Å². The van der Waals surface area contributed by atoms with Crippen LogP contribution in [0.5, 0.6) is 0 Å². The molecule has 0 N–H and O–H groups in total. The highest BCUT2D eigenvalue weighted by Crippen LogP contribution is 2.34. The van der Waals surface area contributed by atoms with Crippen molar-refractivity contribution in [2.45, 2.75) is 31.9 Å². The minimum absolute atomic E-state index is 0.102. The quantitative estimate of drug-likeness (QED) is 0.272. The summed E-state index contributed by atoms with van der Waals surface area (Å²) in [6.07, 6.45) is -2.94. The number of hydrogen-bond donors (Lipinski definition) is 0. The van der Waals surface area contributed by atoms with Gasteiger partial charge in [-0.15, -0.1) is 11.3 Å². The lowest BCUT2D eigenvalue weighted by atomic mass is 9.96. The molecule has 2 aromatic carbocycles. The molecule has 0 bridgehead atoms. The van der Waals surface area contributed by atoms with Crippen molar-refractivity contribution in [3.8, 4) is 11.3 Å². The number of halogens is 3. The Morgan fingerprint density at radius 3 is 2.30 bits per heavy atom. The summed E-state index contributed by atoms with van der Waals surface area (Å²) in [6.45, 7) is 4.54. The highest BCUT2D eigenvalue weighted by molar-refractivity contribution is 7.09. The van der Waals surface area contributed by atoms with E-state index in [-0.39, 0.29) is 17.7 Å². The van der Waals surface area contributed by atoms with Crippen molar-refractivity contribution in [3.05, 3.63) is 87.6 Å². The number of amides is 2. The predicted octanol–water partition coefficient (Wildman–Crippen LogP) is 6.11. The number of nitrogens with zero attached hydrogens (tertiary/aromatic N) is 5. The zero-order valence-corrected chi connectivity index (χ0v) is 24.3. The molecular formula is C31H30F3N5O3S. The van der Waals surface area contributed by atoms with Gasteiger partial charge in [-0.3, -0.25) is 9.59 Å². The van der Waals surface area contributed by atoms with Crippen molar-refractivity contribution in [1.29, 1.82) is 0 Å². The van der Waals surface area contributed by atoms with Crippen molar-refractivity contribution in [3.63, 3.8) is 0 Å². The fourth-order valence-corrected chi connectivity index (χ4v) is 6.65. The second-order valence-electron chi connectivity index (χ2n) is 10.8. The SMILES string of the molecule is Cc1onc(-c2ccccc2)c1C(=O)N1CCC(c2nc(C(=O)N3CCN(c4cccc(C(F)(F)F)c4)CC3)cs2)CC1. The number of hydrogen-bond acceptors (Lipinski definition) is 7. The maximum Gasteiger partial charge on any atom is 0.416 e. The van der Waals surface area contributed by atoms with Gasteiger partial charge < -0.3 is 19.2 Å². The summed E-state index contributed by atoms with van der Waals surface area (Å²) >= 11 is 1.46. The normalized spacial score (nSPS) is 16.5. The van der Waals surface area contributed by atoms with Crippen LogP contribution in [0.2, 0.25) is 0 Å². The van der Waals surface area contributed by atoms with Crippen LogP contribution in [0.15, 0.2) is 64.5 Å². The van der Waals surface area contributed by atoms with Crippen LogP contribution in [0, 0.1) is 6.92 Å². The Morgan fingerprint density at radius 2 is 1.60 bits per heavy atom. The summed E-state index contributed by atoms with van der Waals surface area (Å²) in [7, 11) is 0. The van der Waals surface area contributed by atoms with Crippen molar-refractivity contribution in [2.75, 3.05) is 44.2 Å². The Kier molecular flexibility index (Phi) is 7.95. The summed E-state index contributed by atoms with van der Waals surface area (Å²) in [5, 5.41) is 6.80. The molecule has 224 valence electrons. The number of likely N-dealkylation sites (tertiary alicyclic amines) is 1. The second-order valence-corrected chi connectivity index (χ2v) is 11.7. The number of piperazine rings is 1. The van der Waals surface area contributed by atoms with Gasteiger partial charge in [-0.05, 0) is 38.0 Å². The number of carbonyl (C=O) groups excluding carboxylic acids is 2. The van der Waals surface area contributed by atoms with E-state index in [2.05, 4.69) is 10.1 Å². The third kappa shape index (κ3) is 6.01. The first-order chi connectivity index (χ1) is 20.7. The van der Waals surface area contributed by atoms with E-state index < -0.39 is 11.7 Å². The van der Waals surface area contributed by atoms with Crippen LogP contribution < -0.4 is 4.90 Å². The summed E-state index contributed by atoms with van der Waals surface area (Å²) in [5.74, 6) is 0.362. The third-order valence-corrected chi connectivity index (χ3v) is 9.11. The van der Waals surface area contributed by atoms with Crippen LogP contribution in [-0.4, -0.2) is 71.0 Å². The Bertz CT molecular complexity index is 1600. The lowest BCUT2D eigenvalue weighted by Crippen LogP contribution is -2.49. The highest BCUT2D eigenvalue weighted by Gasteiger charge is 2.33. The number of aromatic nitrogens is 2. The van der Waals surface area contributed by atoms with Crippen molar-refractivity contribution < 1.29 is 27.3 Å². The largest absolute Gasteiger partial charge is 0.416 e. The number of benzene rings is 2. The van der Waals surface area contributed by atoms with E-state index >= 15 is 0 Å². The number of anilines is 1. The van der Waals surface area contributed by atoms with Gasteiger partial charge in [0.15, 0.2) is 0 Å². The lowest BCUT2D eigenvalue weighted by Gasteiger charge is -2.36. The first-order valence-electron chi connectivity index (χ1n) is 14.2. The first-order valence-corrected chi connectivity index (χ1v) is 15.0. The number of aryl methyl sites for hydroxylation is 1. The number of thiazole rings is 1. The van der Waals surface area contributed by atoms with Crippen LogP contribution >= 0.6 is 11.3 Å². The number of carbonyl (C=O) groups is 2. The maximum absolute atomic E-state index is 13.5. The molecule has 2 saturated heterocycles.